The summed E-state index contributed by atoms with van der Waals surface area (Å²) >= 11 is 0. The lowest BCUT2D eigenvalue weighted by atomic mass is 10.2. The number of aliphatic carboxylic acids is 1. The van der Waals surface area contributed by atoms with Gasteiger partial charge in [-0.2, -0.15) is 0 Å². The van der Waals surface area contributed by atoms with Crippen molar-refractivity contribution < 1.29 is 23.5 Å². The van der Waals surface area contributed by atoms with Crippen molar-refractivity contribution >= 4 is 17.6 Å². The Kier molecular flexibility index (Phi) is 4.59. The molecule has 0 radical (unpaired) electrons. The summed E-state index contributed by atoms with van der Waals surface area (Å²) in [5.41, 5.74) is 0.101. The highest BCUT2D eigenvalue weighted by atomic mass is 19.1. The average Bonchev–Trinajstić information content (AvgIpc) is 2.21. The van der Waals surface area contributed by atoms with Crippen molar-refractivity contribution in [1.29, 1.82) is 0 Å². The molecular weight excluding hydrogens is 246 g/mol. The van der Waals surface area contributed by atoms with Gasteiger partial charge in [-0.05, 0) is 12.1 Å². The zero-order valence-electron chi connectivity index (χ0n) is 9.54. The van der Waals surface area contributed by atoms with Crippen molar-refractivity contribution in [2.75, 3.05) is 11.9 Å². The normalized spacial score (nSPS) is 11.7. The Bertz CT molecular complexity index is 445. The molecule has 0 aliphatic carbocycles. The monoisotopic (exact) mass is 258 g/mol. The minimum absolute atomic E-state index is 0.101. The van der Waals surface area contributed by atoms with E-state index in [-0.39, 0.29) is 12.2 Å². The fourth-order valence-electron chi connectivity index (χ4n) is 1.32. The number of hydrogen-bond donors (Lipinski definition) is 3. The second-order valence-corrected chi connectivity index (χ2v) is 3.63. The van der Waals surface area contributed by atoms with E-state index in [2.05, 4.69) is 10.6 Å². The van der Waals surface area contributed by atoms with Crippen molar-refractivity contribution in [3.63, 3.8) is 0 Å². The van der Waals surface area contributed by atoms with Gasteiger partial charge < -0.3 is 15.7 Å². The molecule has 1 amide bonds. The van der Waals surface area contributed by atoms with Crippen LogP contribution in [0.2, 0.25) is 0 Å². The maximum absolute atomic E-state index is 12.9. The van der Waals surface area contributed by atoms with Crippen molar-refractivity contribution in [2.45, 2.75) is 13.0 Å². The first-order chi connectivity index (χ1) is 8.38. The van der Waals surface area contributed by atoms with Gasteiger partial charge in [0, 0.05) is 25.2 Å². The quantitative estimate of drug-likeness (QED) is 0.735. The molecule has 1 aromatic rings. The third-order valence-electron chi connectivity index (χ3n) is 2.05. The van der Waals surface area contributed by atoms with Crippen molar-refractivity contribution in [2.24, 2.45) is 0 Å². The van der Waals surface area contributed by atoms with E-state index in [1.165, 1.54) is 6.92 Å². The van der Waals surface area contributed by atoms with E-state index in [1.807, 2.05) is 0 Å². The molecule has 3 N–H and O–H groups in total. The van der Waals surface area contributed by atoms with E-state index in [0.29, 0.717) is 6.07 Å². The minimum Gasteiger partial charge on any atom is -0.480 e. The average molecular weight is 258 g/mol. The number of benzene rings is 1. The minimum atomic E-state index is -1.24. The number of rotatable bonds is 5. The molecule has 5 nitrogen and oxygen atoms in total. The predicted molar refractivity (Wildman–Crippen MR) is 60.1 cm³/mol. The van der Waals surface area contributed by atoms with Crippen LogP contribution in [0.15, 0.2) is 18.2 Å². The molecule has 1 aromatic carbocycles. The van der Waals surface area contributed by atoms with Crippen molar-refractivity contribution in [3.05, 3.63) is 29.8 Å². The molecule has 0 aliphatic heterocycles. The Morgan fingerprint density at radius 1 is 1.28 bits per heavy atom. The Labute approximate surface area is 102 Å². The zero-order chi connectivity index (χ0) is 13.7. The van der Waals surface area contributed by atoms with Gasteiger partial charge >= 0.3 is 5.97 Å². The van der Waals surface area contributed by atoms with Gasteiger partial charge in [-0.1, -0.05) is 0 Å². The highest BCUT2D eigenvalue weighted by Crippen LogP contribution is 2.12. The molecule has 1 unspecified atom stereocenters. The molecule has 0 saturated heterocycles. The zero-order valence-corrected chi connectivity index (χ0v) is 9.54. The SMILES string of the molecule is CC(=O)NC(CNc1cc(F)cc(F)c1)C(=O)O. The Balaban J connectivity index is 2.66. The highest BCUT2D eigenvalue weighted by molar-refractivity contribution is 5.82. The summed E-state index contributed by atoms with van der Waals surface area (Å²) in [6.45, 7) is 0.996. The highest BCUT2D eigenvalue weighted by Gasteiger charge is 2.17. The molecule has 0 aliphatic rings. The van der Waals surface area contributed by atoms with Crippen LogP contribution in [0.25, 0.3) is 0 Å². The van der Waals surface area contributed by atoms with E-state index in [9.17, 15) is 18.4 Å². The molecular formula is C11H12F2N2O3. The first-order valence-electron chi connectivity index (χ1n) is 5.08. The van der Waals surface area contributed by atoms with Crippen molar-refractivity contribution in [3.8, 4) is 0 Å². The summed E-state index contributed by atoms with van der Waals surface area (Å²) in [4.78, 5) is 21.5. The number of nitrogens with one attached hydrogen (secondary N) is 2. The van der Waals surface area contributed by atoms with Crippen LogP contribution in [0.5, 0.6) is 0 Å². The lowest BCUT2D eigenvalue weighted by molar-refractivity contribution is -0.141. The summed E-state index contributed by atoms with van der Waals surface area (Å²) < 4.78 is 25.7. The van der Waals surface area contributed by atoms with Crippen LogP contribution < -0.4 is 10.6 Å². The van der Waals surface area contributed by atoms with Gasteiger partial charge in [-0.15, -0.1) is 0 Å². The number of carboxylic acid groups (broad SMARTS) is 1. The lowest BCUT2D eigenvalue weighted by Crippen LogP contribution is -2.44. The first kappa shape index (κ1) is 13.9. The van der Waals surface area contributed by atoms with E-state index >= 15 is 0 Å². The van der Waals surface area contributed by atoms with Crippen LogP contribution in [0.3, 0.4) is 0 Å². The van der Waals surface area contributed by atoms with Gasteiger partial charge in [0.1, 0.15) is 17.7 Å². The van der Waals surface area contributed by atoms with Gasteiger partial charge in [0.2, 0.25) is 5.91 Å². The number of amides is 1. The fourth-order valence-corrected chi connectivity index (χ4v) is 1.32. The standard InChI is InChI=1S/C11H12F2N2O3/c1-6(16)15-10(11(17)18)5-14-9-3-7(12)2-8(13)4-9/h2-4,10,14H,5H2,1H3,(H,15,16)(H,17,18). The van der Waals surface area contributed by atoms with Gasteiger partial charge in [0.05, 0.1) is 0 Å². The molecule has 0 heterocycles. The first-order valence-corrected chi connectivity index (χ1v) is 5.08. The second kappa shape index (κ2) is 5.95. The maximum Gasteiger partial charge on any atom is 0.328 e. The molecule has 98 valence electrons. The number of halogens is 2. The van der Waals surface area contributed by atoms with Gasteiger partial charge in [-0.25, -0.2) is 13.6 Å². The number of anilines is 1. The summed E-state index contributed by atoms with van der Waals surface area (Å²) in [6, 6.07) is 1.58. The Morgan fingerprint density at radius 2 is 1.83 bits per heavy atom. The lowest BCUT2D eigenvalue weighted by Gasteiger charge is -2.14. The van der Waals surface area contributed by atoms with Crippen LogP contribution in [0.4, 0.5) is 14.5 Å². The van der Waals surface area contributed by atoms with Crippen LogP contribution in [0, 0.1) is 11.6 Å². The van der Waals surface area contributed by atoms with Gasteiger partial charge in [0.15, 0.2) is 0 Å². The third-order valence-corrected chi connectivity index (χ3v) is 2.05. The van der Waals surface area contributed by atoms with Crippen LogP contribution >= 0.6 is 0 Å². The largest absolute Gasteiger partial charge is 0.480 e. The number of carbonyl (C=O) groups is 2. The molecule has 0 aromatic heterocycles. The summed E-state index contributed by atoms with van der Waals surface area (Å²) in [7, 11) is 0. The summed E-state index contributed by atoms with van der Waals surface area (Å²) in [6.07, 6.45) is 0. The van der Waals surface area contributed by atoms with Crippen LogP contribution in [0.1, 0.15) is 6.92 Å². The van der Waals surface area contributed by atoms with E-state index < -0.39 is 29.6 Å². The molecule has 1 rings (SSSR count). The Hall–Kier alpha value is -2.18. The van der Waals surface area contributed by atoms with E-state index in [1.54, 1.807) is 0 Å². The third kappa shape index (κ3) is 4.36. The van der Waals surface area contributed by atoms with Crippen molar-refractivity contribution in [1.82, 2.24) is 5.32 Å². The van der Waals surface area contributed by atoms with E-state index in [0.717, 1.165) is 12.1 Å². The molecule has 0 saturated carbocycles. The molecule has 1 atom stereocenters. The van der Waals surface area contributed by atoms with Crippen LogP contribution in [-0.2, 0) is 9.59 Å². The molecule has 18 heavy (non-hydrogen) atoms. The summed E-state index contributed by atoms with van der Waals surface area (Å²) in [5, 5.41) is 13.5. The number of carbonyl (C=O) groups excluding carboxylic acids is 1. The van der Waals surface area contributed by atoms with Gasteiger partial charge in [0.25, 0.3) is 0 Å². The van der Waals surface area contributed by atoms with Gasteiger partial charge in [-0.3, -0.25) is 4.79 Å². The molecule has 7 heteroatoms. The topological polar surface area (TPSA) is 78.4 Å². The number of hydrogen-bond acceptors (Lipinski definition) is 3. The molecule has 0 spiro atoms. The maximum atomic E-state index is 12.9. The Morgan fingerprint density at radius 3 is 2.28 bits per heavy atom. The second-order valence-electron chi connectivity index (χ2n) is 3.63. The smallest absolute Gasteiger partial charge is 0.328 e. The predicted octanol–water partition coefficient (Wildman–Crippen LogP) is 0.966. The molecule has 0 fully saturated rings. The number of carboxylic acids is 1. The summed E-state index contributed by atoms with van der Waals surface area (Å²) in [5.74, 6) is -3.29. The van der Waals surface area contributed by atoms with Crippen LogP contribution in [-0.4, -0.2) is 29.6 Å². The van der Waals surface area contributed by atoms with E-state index in [4.69, 9.17) is 5.11 Å². The molecule has 0 bridgehead atoms. The fraction of sp³-hybridized carbons (Fsp3) is 0.273.